The summed E-state index contributed by atoms with van der Waals surface area (Å²) in [4.78, 5) is 2.62. The summed E-state index contributed by atoms with van der Waals surface area (Å²) in [5.74, 6) is 1.98. The molecule has 1 heterocycles. The zero-order chi connectivity index (χ0) is 12.1. The van der Waals surface area contributed by atoms with Crippen molar-refractivity contribution in [1.29, 1.82) is 0 Å². The Hall–Kier alpha value is -0.120. The molecule has 0 aromatic carbocycles. The minimum absolute atomic E-state index is 0.278. The summed E-state index contributed by atoms with van der Waals surface area (Å²) in [6.07, 6.45) is 6.61. The van der Waals surface area contributed by atoms with E-state index in [0.717, 1.165) is 37.8 Å². The summed E-state index contributed by atoms with van der Waals surface area (Å²) in [6, 6.07) is 0.301. The Morgan fingerprint density at radius 3 is 2.59 bits per heavy atom. The van der Waals surface area contributed by atoms with E-state index in [4.69, 9.17) is 0 Å². The molecule has 0 aromatic heterocycles. The van der Waals surface area contributed by atoms with Crippen LogP contribution in [0, 0.1) is 11.8 Å². The van der Waals surface area contributed by atoms with Gasteiger partial charge in [0.2, 0.25) is 0 Å². The van der Waals surface area contributed by atoms with Crippen LogP contribution in [0.4, 0.5) is 0 Å². The fraction of sp³-hybridized carbons (Fsp3) is 1.00. The largest absolute Gasteiger partial charge is 0.395 e. The lowest BCUT2D eigenvalue weighted by Crippen LogP contribution is -2.36. The Morgan fingerprint density at radius 2 is 2.00 bits per heavy atom. The number of fused-ring (bicyclic) bond motifs is 1. The molecule has 3 atom stereocenters. The Kier molecular flexibility index (Phi) is 5.26. The molecule has 0 aromatic rings. The van der Waals surface area contributed by atoms with E-state index in [2.05, 4.69) is 17.1 Å². The molecule has 2 rings (SSSR count). The molecule has 3 unspecified atom stereocenters. The smallest absolute Gasteiger partial charge is 0.0585 e. The van der Waals surface area contributed by atoms with Crippen LogP contribution in [0.25, 0.3) is 0 Å². The molecule has 0 radical (unpaired) electrons. The van der Waals surface area contributed by atoms with E-state index in [1.54, 1.807) is 0 Å². The molecule has 17 heavy (non-hydrogen) atoms. The van der Waals surface area contributed by atoms with Gasteiger partial charge in [-0.05, 0) is 50.6 Å². The lowest BCUT2D eigenvalue weighted by molar-refractivity contribution is 0.214. The molecule has 2 N–H and O–H groups in total. The quantitative estimate of drug-likeness (QED) is 0.707. The maximum Gasteiger partial charge on any atom is 0.0585 e. The molecule has 1 aliphatic carbocycles. The van der Waals surface area contributed by atoms with Crippen molar-refractivity contribution in [2.24, 2.45) is 11.8 Å². The third kappa shape index (κ3) is 3.67. The number of aliphatic hydroxyl groups is 1. The van der Waals surface area contributed by atoms with E-state index in [1.807, 2.05) is 0 Å². The van der Waals surface area contributed by atoms with Crippen LogP contribution in [0.1, 0.15) is 39.0 Å². The Morgan fingerprint density at radius 1 is 1.29 bits per heavy atom. The number of aliphatic hydroxyl groups excluding tert-OH is 1. The van der Waals surface area contributed by atoms with Crippen LogP contribution in [0.15, 0.2) is 0 Å². The topological polar surface area (TPSA) is 35.5 Å². The van der Waals surface area contributed by atoms with Gasteiger partial charge in [-0.2, -0.15) is 0 Å². The van der Waals surface area contributed by atoms with E-state index in [0.29, 0.717) is 6.04 Å². The Labute approximate surface area is 106 Å². The highest BCUT2D eigenvalue weighted by Gasteiger charge is 2.35. The van der Waals surface area contributed by atoms with Crippen molar-refractivity contribution in [3.8, 4) is 0 Å². The highest BCUT2D eigenvalue weighted by molar-refractivity contribution is 4.88. The van der Waals surface area contributed by atoms with Crippen LogP contribution < -0.4 is 5.32 Å². The average Bonchev–Trinajstić information content (AvgIpc) is 2.89. The first-order chi connectivity index (χ1) is 8.33. The fourth-order valence-electron chi connectivity index (χ4n) is 3.46. The Bertz CT molecular complexity index is 210. The van der Waals surface area contributed by atoms with Crippen molar-refractivity contribution < 1.29 is 5.11 Å². The molecule has 1 saturated heterocycles. The van der Waals surface area contributed by atoms with Gasteiger partial charge in [0.1, 0.15) is 0 Å². The van der Waals surface area contributed by atoms with Crippen LogP contribution in [0.5, 0.6) is 0 Å². The van der Waals surface area contributed by atoms with Crippen molar-refractivity contribution in [2.45, 2.75) is 45.1 Å². The third-order valence-corrected chi connectivity index (χ3v) is 4.50. The van der Waals surface area contributed by atoms with Gasteiger partial charge in [-0.15, -0.1) is 0 Å². The first-order valence-electron chi connectivity index (χ1n) is 7.40. The number of rotatable bonds is 7. The van der Waals surface area contributed by atoms with Gasteiger partial charge in [0.25, 0.3) is 0 Å². The van der Waals surface area contributed by atoms with Crippen molar-refractivity contribution in [3.05, 3.63) is 0 Å². The van der Waals surface area contributed by atoms with E-state index >= 15 is 0 Å². The molecule has 1 saturated carbocycles. The molecule has 0 spiro atoms. The molecule has 3 heteroatoms. The minimum Gasteiger partial charge on any atom is -0.395 e. The van der Waals surface area contributed by atoms with Crippen molar-refractivity contribution in [3.63, 3.8) is 0 Å². The first-order valence-corrected chi connectivity index (χ1v) is 7.40. The molecule has 3 nitrogen and oxygen atoms in total. The maximum atomic E-state index is 9.31. The van der Waals surface area contributed by atoms with Gasteiger partial charge in [0.05, 0.1) is 6.61 Å². The van der Waals surface area contributed by atoms with E-state index in [1.165, 1.54) is 32.4 Å². The van der Waals surface area contributed by atoms with Crippen LogP contribution >= 0.6 is 0 Å². The van der Waals surface area contributed by atoms with Crippen LogP contribution in [-0.2, 0) is 0 Å². The summed E-state index contributed by atoms with van der Waals surface area (Å²) in [7, 11) is 0. The minimum atomic E-state index is 0.278. The molecule has 2 fully saturated rings. The summed E-state index contributed by atoms with van der Waals surface area (Å²) in [5, 5.41) is 12.7. The lowest BCUT2D eigenvalue weighted by Gasteiger charge is -2.21. The zero-order valence-electron chi connectivity index (χ0n) is 11.2. The summed E-state index contributed by atoms with van der Waals surface area (Å²) in [5.41, 5.74) is 0. The normalized spacial score (nSPS) is 30.7. The predicted octanol–water partition coefficient (Wildman–Crippen LogP) is 1.47. The van der Waals surface area contributed by atoms with E-state index in [-0.39, 0.29) is 6.61 Å². The highest BCUT2D eigenvalue weighted by Crippen LogP contribution is 2.37. The van der Waals surface area contributed by atoms with Crippen LogP contribution in [0.3, 0.4) is 0 Å². The van der Waals surface area contributed by atoms with E-state index < -0.39 is 0 Å². The number of nitrogens with zero attached hydrogens (tertiary/aromatic N) is 1. The second kappa shape index (κ2) is 6.72. The zero-order valence-corrected chi connectivity index (χ0v) is 11.2. The van der Waals surface area contributed by atoms with Gasteiger partial charge in [-0.25, -0.2) is 0 Å². The lowest BCUT2D eigenvalue weighted by atomic mass is 10.0. The van der Waals surface area contributed by atoms with Crippen molar-refractivity contribution in [1.82, 2.24) is 10.2 Å². The molecular weight excluding hydrogens is 212 g/mol. The van der Waals surface area contributed by atoms with Crippen molar-refractivity contribution in [2.75, 3.05) is 32.8 Å². The second-order valence-corrected chi connectivity index (χ2v) is 5.83. The Balaban J connectivity index is 1.64. The van der Waals surface area contributed by atoms with Gasteiger partial charge in [0.15, 0.2) is 0 Å². The summed E-state index contributed by atoms with van der Waals surface area (Å²) < 4.78 is 0. The molecular formula is C14H28N2O. The molecule has 0 amide bonds. The number of hydrogen-bond acceptors (Lipinski definition) is 3. The van der Waals surface area contributed by atoms with Crippen LogP contribution in [0.2, 0.25) is 0 Å². The number of hydrogen-bond donors (Lipinski definition) is 2. The van der Waals surface area contributed by atoms with Gasteiger partial charge in [0, 0.05) is 19.1 Å². The standard InChI is InChI=1S/C14H28N2O/c1-2-7-15-14(11-17)6-8-16-9-12-4-3-5-13(12)10-16/h12-15,17H,2-11H2,1H3. The maximum absolute atomic E-state index is 9.31. The highest BCUT2D eigenvalue weighted by atomic mass is 16.3. The number of nitrogens with one attached hydrogen (secondary N) is 1. The van der Waals surface area contributed by atoms with E-state index in [9.17, 15) is 5.11 Å². The SMILES string of the molecule is CCCNC(CO)CCN1CC2CCCC2C1. The van der Waals surface area contributed by atoms with Gasteiger partial charge < -0.3 is 15.3 Å². The molecule has 1 aliphatic heterocycles. The van der Waals surface area contributed by atoms with Gasteiger partial charge in [-0.3, -0.25) is 0 Å². The number of likely N-dealkylation sites (tertiary alicyclic amines) is 1. The third-order valence-electron chi connectivity index (χ3n) is 4.50. The molecule has 100 valence electrons. The molecule has 0 bridgehead atoms. The monoisotopic (exact) mass is 240 g/mol. The van der Waals surface area contributed by atoms with Crippen molar-refractivity contribution >= 4 is 0 Å². The van der Waals surface area contributed by atoms with Crippen LogP contribution in [-0.4, -0.2) is 48.8 Å². The summed E-state index contributed by atoms with van der Waals surface area (Å²) >= 11 is 0. The molecule has 2 aliphatic rings. The predicted molar refractivity (Wildman–Crippen MR) is 71.1 cm³/mol. The fourth-order valence-corrected chi connectivity index (χ4v) is 3.46. The second-order valence-electron chi connectivity index (χ2n) is 5.83. The first kappa shape index (κ1) is 13.3. The van der Waals surface area contributed by atoms with Gasteiger partial charge >= 0.3 is 0 Å². The average molecular weight is 240 g/mol. The summed E-state index contributed by atoms with van der Waals surface area (Å²) in [6.45, 7) is 7.27. The van der Waals surface area contributed by atoms with Gasteiger partial charge in [-0.1, -0.05) is 13.3 Å².